The van der Waals surface area contributed by atoms with Crippen molar-refractivity contribution in [3.63, 3.8) is 0 Å². The first kappa shape index (κ1) is 8.66. The molecule has 3 N–H and O–H groups in total. The van der Waals surface area contributed by atoms with Crippen LogP contribution in [0.5, 0.6) is 0 Å². The number of fused-ring (bicyclic) bond motifs is 1. The van der Waals surface area contributed by atoms with Gasteiger partial charge in [-0.1, -0.05) is 6.07 Å². The van der Waals surface area contributed by atoms with Gasteiger partial charge < -0.3 is 10.8 Å². The first-order valence-electron chi connectivity index (χ1n) is 4.40. The van der Waals surface area contributed by atoms with Gasteiger partial charge in [0.05, 0.1) is 6.61 Å². The Labute approximate surface area is 76.2 Å². The molecule has 0 fully saturated rings. The number of nitrogens with two attached hydrogens (primary N) is 1. The van der Waals surface area contributed by atoms with Gasteiger partial charge in [0, 0.05) is 11.6 Å². The van der Waals surface area contributed by atoms with E-state index in [4.69, 9.17) is 10.8 Å². The maximum absolute atomic E-state index is 13.4. The van der Waals surface area contributed by atoms with Crippen molar-refractivity contribution < 1.29 is 9.50 Å². The lowest BCUT2D eigenvalue weighted by Crippen LogP contribution is -2.07. The highest BCUT2D eigenvalue weighted by atomic mass is 19.1. The van der Waals surface area contributed by atoms with Crippen LogP contribution >= 0.6 is 0 Å². The summed E-state index contributed by atoms with van der Waals surface area (Å²) < 4.78 is 13.4. The maximum Gasteiger partial charge on any atom is 0.128 e. The Hall–Kier alpha value is -0.930. The summed E-state index contributed by atoms with van der Waals surface area (Å²) in [5.74, 6) is -0.272. The number of rotatable bonds is 1. The van der Waals surface area contributed by atoms with Crippen LogP contribution in [0, 0.1) is 5.82 Å². The van der Waals surface area contributed by atoms with Crippen molar-refractivity contribution in [2.45, 2.75) is 25.5 Å². The molecule has 1 atom stereocenters. The molecular weight excluding hydrogens is 169 g/mol. The normalized spacial score (nSPS) is 20.4. The molecule has 3 heteroatoms. The molecule has 1 aromatic rings. The minimum absolute atomic E-state index is 0.112. The SMILES string of the molecule is N[C@@H]1CCc2cc(CO)cc(F)c21. The summed E-state index contributed by atoms with van der Waals surface area (Å²) in [7, 11) is 0. The van der Waals surface area contributed by atoms with Gasteiger partial charge in [-0.05, 0) is 30.0 Å². The van der Waals surface area contributed by atoms with E-state index in [0.29, 0.717) is 11.1 Å². The molecule has 0 saturated heterocycles. The van der Waals surface area contributed by atoms with Crippen molar-refractivity contribution >= 4 is 0 Å². The first-order chi connectivity index (χ1) is 6.22. The topological polar surface area (TPSA) is 46.2 Å². The minimum atomic E-state index is -0.272. The zero-order chi connectivity index (χ0) is 9.42. The van der Waals surface area contributed by atoms with Crippen molar-refractivity contribution in [1.29, 1.82) is 0 Å². The average Bonchev–Trinajstić information content (AvgIpc) is 2.48. The van der Waals surface area contributed by atoms with Crippen LogP contribution in [0.25, 0.3) is 0 Å². The summed E-state index contributed by atoms with van der Waals surface area (Å²) in [6.45, 7) is -0.112. The van der Waals surface area contributed by atoms with Crippen LogP contribution in [0.15, 0.2) is 12.1 Å². The van der Waals surface area contributed by atoms with E-state index in [0.717, 1.165) is 18.4 Å². The van der Waals surface area contributed by atoms with Crippen LogP contribution in [-0.2, 0) is 13.0 Å². The monoisotopic (exact) mass is 181 g/mol. The van der Waals surface area contributed by atoms with E-state index in [1.807, 2.05) is 6.07 Å². The third kappa shape index (κ3) is 1.34. The Morgan fingerprint density at radius 1 is 1.54 bits per heavy atom. The summed E-state index contributed by atoms with van der Waals surface area (Å²) in [5.41, 5.74) is 7.96. The highest BCUT2D eigenvalue weighted by Gasteiger charge is 2.23. The lowest BCUT2D eigenvalue weighted by Gasteiger charge is -2.07. The summed E-state index contributed by atoms with van der Waals surface area (Å²) in [4.78, 5) is 0. The molecule has 0 aliphatic heterocycles. The number of aliphatic hydroxyl groups excluding tert-OH is 1. The van der Waals surface area contributed by atoms with Gasteiger partial charge in [0.2, 0.25) is 0 Å². The fourth-order valence-corrected chi connectivity index (χ4v) is 1.91. The Kier molecular flexibility index (Phi) is 2.06. The fourth-order valence-electron chi connectivity index (χ4n) is 1.91. The first-order valence-corrected chi connectivity index (χ1v) is 4.40. The van der Waals surface area contributed by atoms with Crippen LogP contribution in [0.3, 0.4) is 0 Å². The Morgan fingerprint density at radius 2 is 2.31 bits per heavy atom. The fraction of sp³-hybridized carbons (Fsp3) is 0.400. The minimum Gasteiger partial charge on any atom is -0.392 e. The van der Waals surface area contributed by atoms with E-state index in [2.05, 4.69) is 0 Å². The van der Waals surface area contributed by atoms with Crippen molar-refractivity contribution in [2.75, 3.05) is 0 Å². The Morgan fingerprint density at radius 3 is 3.00 bits per heavy atom. The van der Waals surface area contributed by atoms with Crippen LogP contribution < -0.4 is 5.73 Å². The number of halogens is 1. The predicted octanol–water partition coefficient (Wildman–Crippen LogP) is 1.26. The van der Waals surface area contributed by atoms with Crippen LogP contribution in [-0.4, -0.2) is 5.11 Å². The van der Waals surface area contributed by atoms with Gasteiger partial charge >= 0.3 is 0 Å². The second kappa shape index (κ2) is 3.09. The molecule has 0 aromatic heterocycles. The van der Waals surface area contributed by atoms with Gasteiger partial charge in [0.1, 0.15) is 5.82 Å². The van der Waals surface area contributed by atoms with Crippen LogP contribution in [0.1, 0.15) is 29.2 Å². The molecule has 0 saturated carbocycles. The molecule has 0 radical (unpaired) electrons. The van der Waals surface area contributed by atoms with E-state index in [9.17, 15) is 4.39 Å². The highest BCUT2D eigenvalue weighted by molar-refractivity contribution is 5.38. The Balaban J connectivity index is 2.53. The van der Waals surface area contributed by atoms with E-state index in [1.54, 1.807) is 0 Å². The van der Waals surface area contributed by atoms with Gasteiger partial charge in [-0.25, -0.2) is 4.39 Å². The van der Waals surface area contributed by atoms with Crippen molar-refractivity contribution in [3.8, 4) is 0 Å². The summed E-state index contributed by atoms with van der Waals surface area (Å²) in [5, 5.41) is 8.86. The van der Waals surface area contributed by atoms with E-state index >= 15 is 0 Å². The molecule has 0 bridgehead atoms. The van der Waals surface area contributed by atoms with E-state index in [1.165, 1.54) is 6.07 Å². The third-order valence-electron chi connectivity index (χ3n) is 2.55. The lowest BCUT2D eigenvalue weighted by molar-refractivity contribution is 0.281. The molecule has 0 unspecified atom stereocenters. The van der Waals surface area contributed by atoms with Gasteiger partial charge in [0.25, 0.3) is 0 Å². The maximum atomic E-state index is 13.4. The van der Waals surface area contributed by atoms with Crippen molar-refractivity contribution in [2.24, 2.45) is 5.73 Å². The standard InChI is InChI=1S/C10H12FNO/c11-8-4-6(5-13)3-7-1-2-9(12)10(7)8/h3-4,9,13H,1-2,5,12H2/t9-/m1/s1. The lowest BCUT2D eigenvalue weighted by atomic mass is 10.0. The molecule has 2 rings (SSSR count). The molecule has 0 amide bonds. The molecular formula is C10H12FNO. The molecule has 0 spiro atoms. The summed E-state index contributed by atoms with van der Waals surface area (Å²) >= 11 is 0. The van der Waals surface area contributed by atoms with Crippen molar-refractivity contribution in [1.82, 2.24) is 0 Å². The summed E-state index contributed by atoms with van der Waals surface area (Å²) in [6, 6.07) is 3.04. The third-order valence-corrected chi connectivity index (χ3v) is 2.55. The molecule has 1 aliphatic carbocycles. The van der Waals surface area contributed by atoms with E-state index in [-0.39, 0.29) is 18.5 Å². The van der Waals surface area contributed by atoms with Crippen LogP contribution in [0.4, 0.5) is 4.39 Å². The number of aliphatic hydroxyl groups is 1. The van der Waals surface area contributed by atoms with E-state index < -0.39 is 0 Å². The predicted molar refractivity (Wildman–Crippen MR) is 47.6 cm³/mol. The molecule has 70 valence electrons. The van der Waals surface area contributed by atoms with Crippen LogP contribution in [0.2, 0.25) is 0 Å². The molecule has 13 heavy (non-hydrogen) atoms. The van der Waals surface area contributed by atoms with Gasteiger partial charge in [-0.15, -0.1) is 0 Å². The number of aryl methyl sites for hydroxylation is 1. The van der Waals surface area contributed by atoms with Gasteiger partial charge in [-0.2, -0.15) is 0 Å². The second-order valence-corrected chi connectivity index (χ2v) is 3.45. The Bertz CT molecular complexity index is 338. The zero-order valence-electron chi connectivity index (χ0n) is 7.26. The number of hydrogen-bond donors (Lipinski definition) is 2. The number of hydrogen-bond acceptors (Lipinski definition) is 2. The molecule has 1 aromatic carbocycles. The highest BCUT2D eigenvalue weighted by Crippen LogP contribution is 2.32. The largest absolute Gasteiger partial charge is 0.392 e. The molecule has 1 aliphatic rings. The van der Waals surface area contributed by atoms with Gasteiger partial charge in [0.15, 0.2) is 0 Å². The molecule has 0 heterocycles. The number of benzene rings is 1. The average molecular weight is 181 g/mol. The van der Waals surface area contributed by atoms with Crippen molar-refractivity contribution in [3.05, 3.63) is 34.6 Å². The summed E-state index contributed by atoms with van der Waals surface area (Å²) in [6.07, 6.45) is 1.63. The van der Waals surface area contributed by atoms with Gasteiger partial charge in [-0.3, -0.25) is 0 Å². The zero-order valence-corrected chi connectivity index (χ0v) is 7.26. The second-order valence-electron chi connectivity index (χ2n) is 3.45. The quantitative estimate of drug-likeness (QED) is 0.685. The smallest absolute Gasteiger partial charge is 0.128 e. The molecule has 2 nitrogen and oxygen atoms in total.